The van der Waals surface area contributed by atoms with Crippen LogP contribution in [0.25, 0.3) is 10.9 Å². The standard InChI is InChI=1S/C27H28ClN3O4/c1-35-20-7-8-23-21(17-20)25(22(28)18-30-23)24(32)9-10-27(26(33)34)11-15-31(16-12-27)14-4-6-19-5-2-3-13-29-19/h2-3,5,7-8,13,17-18,24,32H,9-12,14-16H2,1H3,(H,33,34). The molecule has 1 atom stereocenters. The lowest BCUT2D eigenvalue weighted by molar-refractivity contribution is -0.153. The molecule has 1 aliphatic rings. The summed E-state index contributed by atoms with van der Waals surface area (Å²) in [6, 6.07) is 11.0. The Hall–Kier alpha value is -3.18. The van der Waals surface area contributed by atoms with Crippen molar-refractivity contribution in [1.82, 2.24) is 14.9 Å². The summed E-state index contributed by atoms with van der Waals surface area (Å²) in [6.45, 7) is 1.83. The number of aromatic nitrogens is 2. The summed E-state index contributed by atoms with van der Waals surface area (Å²) >= 11 is 6.42. The van der Waals surface area contributed by atoms with Crippen molar-refractivity contribution in [2.24, 2.45) is 5.41 Å². The number of aliphatic carboxylic acids is 1. The van der Waals surface area contributed by atoms with Gasteiger partial charge in [-0.05, 0) is 61.9 Å². The zero-order chi connectivity index (χ0) is 24.8. The molecule has 35 heavy (non-hydrogen) atoms. The normalized spacial score (nSPS) is 16.3. The number of carboxylic acid groups (broad SMARTS) is 1. The number of fused-ring (bicyclic) bond motifs is 1. The Morgan fingerprint density at radius 3 is 2.74 bits per heavy atom. The van der Waals surface area contributed by atoms with Crippen LogP contribution < -0.4 is 4.74 Å². The summed E-state index contributed by atoms with van der Waals surface area (Å²) in [7, 11) is 1.57. The van der Waals surface area contributed by atoms with E-state index in [-0.39, 0.29) is 6.42 Å². The number of pyridine rings is 2. The second-order valence-electron chi connectivity index (χ2n) is 8.84. The van der Waals surface area contributed by atoms with Gasteiger partial charge < -0.3 is 14.9 Å². The van der Waals surface area contributed by atoms with Gasteiger partial charge in [0.25, 0.3) is 0 Å². The predicted octanol–water partition coefficient (Wildman–Crippen LogP) is 4.32. The number of ether oxygens (including phenoxy) is 1. The number of carbonyl (C=O) groups is 1. The maximum absolute atomic E-state index is 12.3. The fourth-order valence-corrected chi connectivity index (χ4v) is 4.86. The number of benzene rings is 1. The zero-order valence-corrected chi connectivity index (χ0v) is 20.3. The number of nitrogens with zero attached hydrogens (tertiary/aromatic N) is 3. The molecule has 4 rings (SSSR count). The number of hydrogen-bond donors (Lipinski definition) is 2. The van der Waals surface area contributed by atoms with E-state index in [9.17, 15) is 15.0 Å². The highest BCUT2D eigenvalue weighted by Gasteiger charge is 2.41. The molecule has 0 radical (unpaired) electrons. The van der Waals surface area contributed by atoms with Crippen LogP contribution in [0.4, 0.5) is 0 Å². The van der Waals surface area contributed by atoms with Crippen LogP contribution >= 0.6 is 11.6 Å². The minimum absolute atomic E-state index is 0.280. The number of carboxylic acids is 1. The largest absolute Gasteiger partial charge is 0.497 e. The van der Waals surface area contributed by atoms with Gasteiger partial charge in [-0.1, -0.05) is 23.6 Å². The van der Waals surface area contributed by atoms with Crippen molar-refractivity contribution in [2.75, 3.05) is 26.7 Å². The average molecular weight is 494 g/mol. The first-order valence-electron chi connectivity index (χ1n) is 11.6. The van der Waals surface area contributed by atoms with E-state index in [2.05, 4.69) is 26.7 Å². The number of rotatable bonds is 7. The molecule has 7 nitrogen and oxygen atoms in total. The van der Waals surface area contributed by atoms with Gasteiger partial charge in [0.15, 0.2) is 0 Å². The summed E-state index contributed by atoms with van der Waals surface area (Å²) < 4.78 is 5.31. The third-order valence-electron chi connectivity index (χ3n) is 6.75. The number of likely N-dealkylation sites (tertiary alicyclic amines) is 1. The molecule has 0 aliphatic carbocycles. The molecule has 2 N–H and O–H groups in total. The van der Waals surface area contributed by atoms with Gasteiger partial charge in [0, 0.05) is 36.4 Å². The van der Waals surface area contributed by atoms with Crippen molar-refractivity contribution >= 4 is 28.5 Å². The highest BCUT2D eigenvalue weighted by molar-refractivity contribution is 6.32. The summed E-state index contributed by atoms with van der Waals surface area (Å²) in [6.07, 6.45) is 3.94. The second kappa shape index (κ2) is 11.0. The first-order valence-corrected chi connectivity index (χ1v) is 12.0. The molecule has 1 unspecified atom stereocenters. The van der Waals surface area contributed by atoms with Crippen molar-refractivity contribution in [3.63, 3.8) is 0 Å². The molecule has 1 aliphatic heterocycles. The fraction of sp³-hybridized carbons (Fsp3) is 0.370. The lowest BCUT2D eigenvalue weighted by atomic mass is 9.74. The Balaban J connectivity index is 1.42. The Morgan fingerprint density at radius 1 is 1.26 bits per heavy atom. The topological polar surface area (TPSA) is 95.8 Å². The Labute approximate surface area is 209 Å². The van der Waals surface area contributed by atoms with E-state index >= 15 is 0 Å². The molecule has 0 bridgehead atoms. The molecular formula is C27H28ClN3O4. The highest BCUT2D eigenvalue weighted by Crippen LogP contribution is 2.41. The summed E-state index contributed by atoms with van der Waals surface area (Å²) in [5.41, 5.74) is 1.08. The summed E-state index contributed by atoms with van der Waals surface area (Å²) in [4.78, 5) is 23.0. The lowest BCUT2D eigenvalue weighted by Crippen LogP contribution is -2.44. The second-order valence-corrected chi connectivity index (χ2v) is 9.24. The smallest absolute Gasteiger partial charge is 0.309 e. The van der Waals surface area contributed by atoms with Crippen LogP contribution in [-0.4, -0.2) is 57.8 Å². The Bertz CT molecular complexity index is 1250. The molecule has 0 saturated carbocycles. The van der Waals surface area contributed by atoms with E-state index in [0.29, 0.717) is 66.1 Å². The quantitative estimate of drug-likeness (QED) is 0.473. The van der Waals surface area contributed by atoms with Gasteiger partial charge >= 0.3 is 5.97 Å². The van der Waals surface area contributed by atoms with Gasteiger partial charge in [-0.15, -0.1) is 0 Å². The van der Waals surface area contributed by atoms with Crippen molar-refractivity contribution in [1.29, 1.82) is 0 Å². The van der Waals surface area contributed by atoms with Gasteiger partial charge in [-0.25, -0.2) is 4.98 Å². The number of aliphatic hydroxyl groups excluding tert-OH is 1. The van der Waals surface area contributed by atoms with Crippen LogP contribution in [0.5, 0.6) is 5.75 Å². The zero-order valence-electron chi connectivity index (χ0n) is 19.6. The third-order valence-corrected chi connectivity index (χ3v) is 7.05. The molecule has 8 heteroatoms. The molecule has 0 spiro atoms. The van der Waals surface area contributed by atoms with E-state index in [1.807, 2.05) is 24.3 Å². The SMILES string of the molecule is COc1ccc2ncc(Cl)c(C(O)CCC3(C(=O)O)CCN(CC#Cc4ccccn4)CC3)c2c1. The molecular weight excluding hydrogens is 466 g/mol. The lowest BCUT2D eigenvalue weighted by Gasteiger charge is -2.38. The van der Waals surface area contributed by atoms with E-state index in [1.165, 1.54) is 6.20 Å². The summed E-state index contributed by atoms with van der Waals surface area (Å²) in [5, 5.41) is 22.2. The average Bonchev–Trinajstić information content (AvgIpc) is 2.88. The van der Waals surface area contributed by atoms with Crippen LogP contribution in [0, 0.1) is 17.3 Å². The van der Waals surface area contributed by atoms with Crippen molar-refractivity contribution < 1.29 is 19.7 Å². The van der Waals surface area contributed by atoms with E-state index < -0.39 is 17.5 Å². The molecule has 182 valence electrons. The predicted molar refractivity (Wildman–Crippen MR) is 134 cm³/mol. The molecule has 3 heterocycles. The molecule has 1 fully saturated rings. The van der Waals surface area contributed by atoms with Crippen LogP contribution in [0.2, 0.25) is 5.02 Å². The number of halogens is 1. The van der Waals surface area contributed by atoms with Crippen LogP contribution in [-0.2, 0) is 4.79 Å². The number of hydrogen-bond acceptors (Lipinski definition) is 6. The van der Waals surface area contributed by atoms with Gasteiger partial charge in [0.2, 0.25) is 0 Å². The van der Waals surface area contributed by atoms with Crippen LogP contribution in [0.3, 0.4) is 0 Å². The molecule has 2 aromatic heterocycles. The van der Waals surface area contributed by atoms with Crippen molar-refractivity contribution in [3.05, 3.63) is 65.1 Å². The molecule has 1 saturated heterocycles. The van der Waals surface area contributed by atoms with E-state index in [4.69, 9.17) is 16.3 Å². The number of methoxy groups -OCH3 is 1. The van der Waals surface area contributed by atoms with Crippen LogP contribution in [0.1, 0.15) is 43.0 Å². The van der Waals surface area contributed by atoms with Crippen molar-refractivity contribution in [3.8, 4) is 17.6 Å². The molecule has 1 aromatic carbocycles. The molecule has 3 aromatic rings. The van der Waals surface area contributed by atoms with Gasteiger partial charge in [-0.3, -0.25) is 14.7 Å². The monoisotopic (exact) mass is 493 g/mol. The van der Waals surface area contributed by atoms with Crippen molar-refractivity contribution in [2.45, 2.75) is 31.8 Å². The first kappa shape index (κ1) is 24.9. The minimum atomic E-state index is -0.918. The summed E-state index contributed by atoms with van der Waals surface area (Å²) in [5.74, 6) is 5.98. The maximum atomic E-state index is 12.3. The minimum Gasteiger partial charge on any atom is -0.497 e. The van der Waals surface area contributed by atoms with Gasteiger partial charge in [0.1, 0.15) is 11.4 Å². The van der Waals surface area contributed by atoms with E-state index in [0.717, 1.165) is 5.69 Å². The Morgan fingerprint density at radius 2 is 2.06 bits per heavy atom. The number of piperidine rings is 1. The highest BCUT2D eigenvalue weighted by atomic mass is 35.5. The molecule has 0 amide bonds. The first-order chi connectivity index (χ1) is 16.9. The fourth-order valence-electron chi connectivity index (χ4n) is 4.58. The van der Waals surface area contributed by atoms with Gasteiger partial charge in [0.05, 0.1) is 35.7 Å². The third kappa shape index (κ3) is 5.73. The van der Waals surface area contributed by atoms with Gasteiger partial charge in [-0.2, -0.15) is 0 Å². The van der Waals surface area contributed by atoms with Crippen LogP contribution in [0.15, 0.2) is 48.8 Å². The maximum Gasteiger partial charge on any atom is 0.309 e. The number of aliphatic hydroxyl groups is 1. The van der Waals surface area contributed by atoms with E-state index in [1.54, 1.807) is 25.4 Å². The Kier molecular flexibility index (Phi) is 7.86.